The van der Waals surface area contributed by atoms with Crippen LogP contribution in [-0.2, 0) is 13.2 Å². The Labute approximate surface area is 181 Å². The van der Waals surface area contributed by atoms with E-state index in [1.165, 1.54) is 18.3 Å². The summed E-state index contributed by atoms with van der Waals surface area (Å²) in [5.41, 5.74) is 6.67. The number of nitrogens with two attached hydrogens (primary N) is 1. The molecule has 3 N–H and O–H groups in total. The highest BCUT2D eigenvalue weighted by Crippen LogP contribution is 2.33. The maximum Gasteiger partial charge on any atom is 0.416 e. The first-order valence-electron chi connectivity index (χ1n) is 9.89. The summed E-state index contributed by atoms with van der Waals surface area (Å²) in [5, 5.41) is 9.46. The zero-order valence-electron chi connectivity index (χ0n) is 17.2. The number of carbonyl (C=O) groups is 1. The Morgan fingerprint density at radius 3 is 2.34 bits per heavy atom. The Bertz CT molecular complexity index is 1260. The van der Waals surface area contributed by atoms with Crippen molar-refractivity contribution in [2.75, 3.05) is 41.7 Å². The Kier molecular flexibility index (Phi) is 5.23. The van der Waals surface area contributed by atoms with Crippen LogP contribution in [0.25, 0.3) is 10.9 Å². The van der Waals surface area contributed by atoms with Crippen molar-refractivity contribution in [1.82, 2.24) is 4.57 Å². The molecule has 1 aliphatic heterocycles. The third kappa shape index (κ3) is 3.83. The molecule has 10 heteroatoms. The fourth-order valence-corrected chi connectivity index (χ4v) is 4.05. The van der Waals surface area contributed by atoms with Gasteiger partial charge in [0.25, 0.3) is 0 Å². The number of nitrogens with zero attached hydrogens (tertiary/aromatic N) is 3. The molecule has 0 radical (unpaired) electrons. The fourth-order valence-electron chi connectivity index (χ4n) is 4.05. The van der Waals surface area contributed by atoms with Gasteiger partial charge in [-0.3, -0.25) is 4.79 Å². The number of carboxylic acid groups (broad SMARTS) is 1. The molecule has 4 rings (SSSR count). The largest absolute Gasteiger partial charge is 0.477 e. The molecular formula is C22H21F3N4O3. The number of nitrogen functional groups attached to an aromatic ring is 1. The third-order valence-corrected chi connectivity index (χ3v) is 5.73. The molecule has 0 unspecified atom stereocenters. The summed E-state index contributed by atoms with van der Waals surface area (Å²) < 4.78 is 40.6. The van der Waals surface area contributed by atoms with Crippen molar-refractivity contribution in [3.8, 4) is 0 Å². The molecule has 1 aliphatic rings. The van der Waals surface area contributed by atoms with E-state index < -0.39 is 23.1 Å². The van der Waals surface area contributed by atoms with Gasteiger partial charge in [0.15, 0.2) is 0 Å². The van der Waals surface area contributed by atoms with E-state index in [-0.39, 0.29) is 10.9 Å². The number of rotatable bonds is 3. The van der Waals surface area contributed by atoms with Crippen LogP contribution in [-0.4, -0.2) is 41.8 Å². The Morgan fingerprint density at radius 2 is 1.72 bits per heavy atom. The van der Waals surface area contributed by atoms with Gasteiger partial charge < -0.3 is 25.2 Å². The number of anilines is 3. The molecule has 1 fully saturated rings. The molecule has 0 saturated carbocycles. The number of benzene rings is 2. The molecule has 2 aromatic carbocycles. The van der Waals surface area contributed by atoms with E-state index in [2.05, 4.69) is 0 Å². The Balaban J connectivity index is 1.60. The second-order valence-corrected chi connectivity index (χ2v) is 7.74. The maximum absolute atomic E-state index is 13.0. The summed E-state index contributed by atoms with van der Waals surface area (Å²) in [5.74, 6) is -1.30. The van der Waals surface area contributed by atoms with Crippen LogP contribution in [0.1, 0.15) is 15.9 Å². The SMILES string of the molecule is Cn1cc(C(=O)O)c(=O)c2cc(N)c(N3CCN(c4cccc(C(F)(F)F)c4)CC3)cc21. The van der Waals surface area contributed by atoms with E-state index in [9.17, 15) is 27.9 Å². The average Bonchev–Trinajstić information content (AvgIpc) is 2.75. The molecule has 2 heterocycles. The number of carboxylic acids is 1. The van der Waals surface area contributed by atoms with Crippen LogP contribution >= 0.6 is 0 Å². The quantitative estimate of drug-likeness (QED) is 0.601. The van der Waals surface area contributed by atoms with Crippen LogP contribution in [0.4, 0.5) is 30.2 Å². The number of alkyl halides is 3. The van der Waals surface area contributed by atoms with Gasteiger partial charge in [-0.15, -0.1) is 0 Å². The Hall–Kier alpha value is -3.69. The summed E-state index contributed by atoms with van der Waals surface area (Å²) in [7, 11) is 1.65. The lowest BCUT2D eigenvalue weighted by Crippen LogP contribution is -2.46. The Morgan fingerprint density at radius 1 is 1.06 bits per heavy atom. The number of aromatic nitrogens is 1. The van der Waals surface area contributed by atoms with Gasteiger partial charge >= 0.3 is 12.1 Å². The molecule has 1 saturated heterocycles. The van der Waals surface area contributed by atoms with Crippen LogP contribution in [0.15, 0.2) is 47.4 Å². The summed E-state index contributed by atoms with van der Waals surface area (Å²) >= 11 is 0. The monoisotopic (exact) mass is 446 g/mol. The zero-order chi connectivity index (χ0) is 23.2. The highest BCUT2D eigenvalue weighted by molar-refractivity contribution is 5.95. The summed E-state index contributed by atoms with van der Waals surface area (Å²) in [4.78, 5) is 27.7. The molecule has 0 amide bonds. The molecule has 32 heavy (non-hydrogen) atoms. The normalized spacial score (nSPS) is 14.8. The highest BCUT2D eigenvalue weighted by Gasteiger charge is 2.31. The standard InChI is InChI=1S/C22H21F3N4O3/c1-27-12-16(21(31)32)20(30)15-10-17(26)19(11-18(15)27)29-7-5-28(6-8-29)14-4-2-3-13(9-14)22(23,24)25/h2-4,9-12H,5-8,26H2,1H3,(H,31,32). The number of fused-ring (bicyclic) bond motifs is 1. The maximum atomic E-state index is 13.0. The van der Waals surface area contributed by atoms with Gasteiger partial charge in [-0.2, -0.15) is 13.2 Å². The van der Waals surface area contributed by atoms with Gasteiger partial charge in [0, 0.05) is 50.5 Å². The van der Waals surface area contributed by atoms with Crippen molar-refractivity contribution in [2.24, 2.45) is 7.05 Å². The zero-order valence-corrected chi connectivity index (χ0v) is 17.2. The first-order chi connectivity index (χ1) is 15.1. The van der Waals surface area contributed by atoms with Gasteiger partial charge in [-0.1, -0.05) is 6.07 Å². The topological polar surface area (TPSA) is 91.8 Å². The molecule has 168 valence electrons. The van der Waals surface area contributed by atoms with Gasteiger partial charge in [-0.25, -0.2) is 4.79 Å². The molecule has 0 aliphatic carbocycles. The van der Waals surface area contributed by atoms with E-state index in [0.29, 0.717) is 48.8 Å². The number of aromatic carboxylic acids is 1. The van der Waals surface area contributed by atoms with Crippen LogP contribution < -0.4 is 21.0 Å². The van der Waals surface area contributed by atoms with Crippen molar-refractivity contribution in [1.29, 1.82) is 0 Å². The number of piperazine rings is 1. The predicted molar refractivity (Wildman–Crippen MR) is 116 cm³/mol. The first-order valence-corrected chi connectivity index (χ1v) is 9.89. The number of hydrogen-bond donors (Lipinski definition) is 2. The van der Waals surface area contributed by atoms with Crippen LogP contribution in [0.5, 0.6) is 0 Å². The number of pyridine rings is 1. The summed E-state index contributed by atoms with van der Waals surface area (Å²) in [6, 6.07) is 8.49. The van der Waals surface area contributed by atoms with Crippen LogP contribution in [0.2, 0.25) is 0 Å². The molecular weight excluding hydrogens is 425 g/mol. The second-order valence-electron chi connectivity index (χ2n) is 7.74. The number of hydrogen-bond acceptors (Lipinski definition) is 5. The average molecular weight is 446 g/mol. The predicted octanol–water partition coefficient (Wildman–Crippen LogP) is 3.16. The van der Waals surface area contributed by atoms with Crippen molar-refractivity contribution in [2.45, 2.75) is 6.18 Å². The number of aryl methyl sites for hydroxylation is 1. The molecule has 3 aromatic rings. The van der Waals surface area contributed by atoms with Crippen LogP contribution in [0.3, 0.4) is 0 Å². The van der Waals surface area contributed by atoms with Crippen molar-refractivity contribution in [3.63, 3.8) is 0 Å². The number of halogens is 3. The highest BCUT2D eigenvalue weighted by atomic mass is 19.4. The molecule has 1 aromatic heterocycles. The van der Waals surface area contributed by atoms with E-state index in [4.69, 9.17) is 5.73 Å². The molecule has 0 spiro atoms. The van der Waals surface area contributed by atoms with Gasteiger partial charge in [-0.05, 0) is 30.3 Å². The van der Waals surface area contributed by atoms with Crippen molar-refractivity contribution >= 4 is 33.9 Å². The minimum Gasteiger partial charge on any atom is -0.477 e. The lowest BCUT2D eigenvalue weighted by molar-refractivity contribution is -0.137. The minimum atomic E-state index is -4.40. The van der Waals surface area contributed by atoms with E-state index in [0.717, 1.165) is 12.1 Å². The second kappa shape index (κ2) is 7.77. The lowest BCUT2D eigenvalue weighted by atomic mass is 10.1. The van der Waals surface area contributed by atoms with Gasteiger partial charge in [0.2, 0.25) is 5.43 Å². The first kappa shape index (κ1) is 21.5. The van der Waals surface area contributed by atoms with Gasteiger partial charge in [0.05, 0.1) is 22.5 Å². The van der Waals surface area contributed by atoms with E-state index in [1.54, 1.807) is 23.7 Å². The molecule has 0 bridgehead atoms. The molecule has 0 atom stereocenters. The minimum absolute atomic E-state index is 0.219. The van der Waals surface area contributed by atoms with Crippen molar-refractivity contribution < 1.29 is 23.1 Å². The van der Waals surface area contributed by atoms with Crippen molar-refractivity contribution in [3.05, 3.63) is 63.9 Å². The van der Waals surface area contributed by atoms with Crippen LogP contribution in [0, 0.1) is 0 Å². The van der Waals surface area contributed by atoms with E-state index in [1.807, 2.05) is 9.80 Å². The fraction of sp³-hybridized carbons (Fsp3) is 0.273. The van der Waals surface area contributed by atoms with Gasteiger partial charge in [0.1, 0.15) is 5.56 Å². The smallest absolute Gasteiger partial charge is 0.416 e. The lowest BCUT2D eigenvalue weighted by Gasteiger charge is -2.38. The molecule has 7 nitrogen and oxygen atoms in total. The van der Waals surface area contributed by atoms with E-state index >= 15 is 0 Å². The summed E-state index contributed by atoms with van der Waals surface area (Å²) in [6.45, 7) is 2.03. The third-order valence-electron chi connectivity index (χ3n) is 5.73. The summed E-state index contributed by atoms with van der Waals surface area (Å²) in [6.07, 6.45) is -3.12.